The van der Waals surface area contributed by atoms with Gasteiger partial charge in [0.15, 0.2) is 11.5 Å². The second-order valence-electron chi connectivity index (χ2n) is 8.70. The fourth-order valence-corrected chi connectivity index (χ4v) is 5.76. The summed E-state index contributed by atoms with van der Waals surface area (Å²) >= 11 is 0. The number of nitrogens with zero attached hydrogens (tertiary/aromatic N) is 5. The van der Waals surface area contributed by atoms with Gasteiger partial charge in [0.05, 0.1) is 23.3 Å². The van der Waals surface area contributed by atoms with Crippen molar-refractivity contribution >= 4 is 16.0 Å². The number of benzene rings is 2. The van der Waals surface area contributed by atoms with E-state index in [0.29, 0.717) is 41.9 Å². The quantitative estimate of drug-likeness (QED) is 0.516. The van der Waals surface area contributed by atoms with Crippen LogP contribution >= 0.6 is 0 Å². The van der Waals surface area contributed by atoms with Crippen molar-refractivity contribution in [3.05, 3.63) is 65.9 Å². The van der Waals surface area contributed by atoms with Crippen molar-refractivity contribution in [1.29, 1.82) is 0 Å². The Morgan fingerprint density at radius 3 is 2.26 bits per heavy atom. The Hall–Kier alpha value is -3.21. The van der Waals surface area contributed by atoms with Gasteiger partial charge in [0.2, 0.25) is 21.9 Å². The summed E-state index contributed by atoms with van der Waals surface area (Å²) in [5, 5.41) is 0. The average Bonchev–Trinajstić information content (AvgIpc) is 2.89. The van der Waals surface area contributed by atoms with Crippen molar-refractivity contribution in [2.24, 2.45) is 0 Å². The minimum Gasteiger partial charge on any atom is -0.493 e. The molecule has 35 heavy (non-hydrogen) atoms. The Balaban J connectivity index is 1.53. The highest BCUT2D eigenvalue weighted by Gasteiger charge is 2.33. The Bertz CT molecular complexity index is 1290. The summed E-state index contributed by atoms with van der Waals surface area (Å²) in [5.41, 5.74) is 1.50. The summed E-state index contributed by atoms with van der Waals surface area (Å²) in [5.74, 6) is 2.07. The van der Waals surface area contributed by atoms with E-state index in [1.54, 1.807) is 37.4 Å². The lowest BCUT2D eigenvalue weighted by Crippen LogP contribution is -2.45. The van der Waals surface area contributed by atoms with Crippen LogP contribution < -0.4 is 14.4 Å². The maximum absolute atomic E-state index is 13.3. The van der Waals surface area contributed by atoms with E-state index >= 15 is 0 Å². The molecule has 0 spiro atoms. The number of hydrogen-bond donors (Lipinski definition) is 0. The van der Waals surface area contributed by atoms with Crippen LogP contribution in [0.15, 0.2) is 59.5 Å². The first-order chi connectivity index (χ1) is 17.0. The van der Waals surface area contributed by atoms with Crippen molar-refractivity contribution in [1.82, 2.24) is 19.2 Å². The molecule has 3 aromatic rings. The first-order valence-electron chi connectivity index (χ1n) is 11.6. The predicted molar refractivity (Wildman–Crippen MR) is 133 cm³/mol. The van der Waals surface area contributed by atoms with Crippen molar-refractivity contribution < 1.29 is 17.9 Å². The summed E-state index contributed by atoms with van der Waals surface area (Å²) < 4.78 is 39.9. The Kier molecular flexibility index (Phi) is 6.59. The molecule has 0 aliphatic carbocycles. The van der Waals surface area contributed by atoms with Gasteiger partial charge >= 0.3 is 0 Å². The van der Waals surface area contributed by atoms with Crippen LogP contribution in [0.4, 0.5) is 5.95 Å². The highest BCUT2D eigenvalue weighted by Crippen LogP contribution is 2.36. The second kappa shape index (κ2) is 9.80. The van der Waals surface area contributed by atoms with E-state index in [2.05, 4.69) is 16.8 Å². The molecule has 0 radical (unpaired) electrons. The van der Waals surface area contributed by atoms with E-state index in [1.165, 1.54) is 4.31 Å². The molecule has 5 rings (SSSR count). The number of rotatable bonds is 6. The van der Waals surface area contributed by atoms with Gasteiger partial charge in [0.25, 0.3) is 0 Å². The van der Waals surface area contributed by atoms with Gasteiger partial charge in [-0.05, 0) is 31.3 Å². The molecule has 0 saturated carbocycles. The number of likely N-dealkylation sites (N-methyl/N-ethyl adjacent to an activating group) is 1. The molecule has 9 nitrogen and oxygen atoms in total. The highest BCUT2D eigenvalue weighted by molar-refractivity contribution is 7.89. The van der Waals surface area contributed by atoms with Crippen LogP contribution in [0.5, 0.6) is 17.4 Å². The summed E-state index contributed by atoms with van der Waals surface area (Å²) in [6, 6.07) is 15.8. The molecular formula is C25H29N5O4S. The fourth-order valence-electron chi connectivity index (χ4n) is 4.33. The van der Waals surface area contributed by atoms with Crippen molar-refractivity contribution in [2.45, 2.75) is 17.9 Å². The Morgan fingerprint density at radius 2 is 1.54 bits per heavy atom. The molecular weight excluding hydrogens is 466 g/mol. The van der Waals surface area contributed by atoms with E-state index in [9.17, 15) is 8.42 Å². The molecule has 2 aromatic carbocycles. The molecule has 1 aromatic heterocycles. The number of hydrogen-bond acceptors (Lipinski definition) is 8. The van der Waals surface area contributed by atoms with Crippen LogP contribution in [0.3, 0.4) is 0 Å². The molecule has 0 atom stereocenters. The summed E-state index contributed by atoms with van der Waals surface area (Å²) in [6.45, 7) is 3.96. The van der Waals surface area contributed by atoms with E-state index in [1.807, 2.05) is 24.3 Å². The van der Waals surface area contributed by atoms with Gasteiger partial charge in [-0.2, -0.15) is 9.29 Å². The van der Waals surface area contributed by atoms with Crippen molar-refractivity contribution in [2.75, 3.05) is 51.8 Å². The number of sulfonamides is 1. The van der Waals surface area contributed by atoms with Crippen LogP contribution in [-0.2, 0) is 23.0 Å². The van der Waals surface area contributed by atoms with E-state index < -0.39 is 10.0 Å². The predicted octanol–water partition coefficient (Wildman–Crippen LogP) is 2.78. The number of fused-ring (bicyclic) bond motifs is 1. The summed E-state index contributed by atoms with van der Waals surface area (Å²) in [6.07, 6.45) is 0.479. The van der Waals surface area contributed by atoms with Crippen LogP contribution in [0.25, 0.3) is 0 Å². The minimum atomic E-state index is -3.66. The average molecular weight is 496 g/mol. The first kappa shape index (κ1) is 23.5. The largest absolute Gasteiger partial charge is 0.493 e. The molecule has 3 heterocycles. The van der Waals surface area contributed by atoms with Crippen LogP contribution in [-0.4, -0.2) is 74.5 Å². The van der Waals surface area contributed by atoms with E-state index in [-0.39, 0.29) is 11.4 Å². The molecule has 1 saturated heterocycles. The Morgan fingerprint density at radius 1 is 0.857 bits per heavy atom. The number of para-hydroxylation sites is 2. The van der Waals surface area contributed by atoms with Gasteiger partial charge in [-0.3, -0.25) is 0 Å². The fraction of sp³-hybridized carbons (Fsp3) is 0.360. The first-order valence-corrected chi connectivity index (χ1v) is 13.1. The molecule has 1 fully saturated rings. The molecule has 0 unspecified atom stereocenters. The molecule has 0 amide bonds. The van der Waals surface area contributed by atoms with E-state index in [4.69, 9.17) is 19.4 Å². The van der Waals surface area contributed by atoms with Gasteiger partial charge in [0.1, 0.15) is 0 Å². The lowest BCUT2D eigenvalue weighted by molar-refractivity contribution is 0.309. The summed E-state index contributed by atoms with van der Waals surface area (Å²) in [4.78, 5) is 14.3. The van der Waals surface area contributed by atoms with Gasteiger partial charge in [0, 0.05) is 45.7 Å². The summed E-state index contributed by atoms with van der Waals surface area (Å²) in [7, 11) is 0.0227. The molecule has 2 aliphatic rings. The van der Waals surface area contributed by atoms with Crippen LogP contribution in [0, 0.1) is 0 Å². The second-order valence-corrected chi connectivity index (χ2v) is 10.6. The molecule has 184 valence electrons. The monoisotopic (exact) mass is 495 g/mol. The number of aromatic nitrogens is 2. The minimum absolute atomic E-state index is 0.139. The normalized spacial score (nSPS) is 17.1. The lowest BCUT2D eigenvalue weighted by Gasteiger charge is -2.34. The third-order valence-electron chi connectivity index (χ3n) is 6.42. The lowest BCUT2D eigenvalue weighted by atomic mass is 10.1. The molecule has 0 bridgehead atoms. The maximum atomic E-state index is 13.3. The standard InChI is InChI=1S/C25H29N5O4S/c1-28-14-16-29(17-15-28)25-26-21-12-13-30(35(31,32)19-8-4-3-5-9-19)18-20(21)24(27-25)34-23-11-7-6-10-22(23)33-2/h3-11H,12-18H2,1-2H3. The SMILES string of the molecule is COc1ccccc1Oc1nc(N2CCN(C)CC2)nc2c1CN(S(=O)(=O)c1ccccc1)CC2. The number of anilines is 1. The van der Waals surface area contributed by atoms with Gasteiger partial charge < -0.3 is 19.3 Å². The van der Waals surface area contributed by atoms with Crippen molar-refractivity contribution in [3.63, 3.8) is 0 Å². The van der Waals surface area contributed by atoms with Crippen LogP contribution in [0.1, 0.15) is 11.3 Å². The number of piperazine rings is 1. The van der Waals surface area contributed by atoms with E-state index in [0.717, 1.165) is 31.9 Å². The zero-order chi connectivity index (χ0) is 24.4. The maximum Gasteiger partial charge on any atom is 0.243 e. The highest BCUT2D eigenvalue weighted by atomic mass is 32.2. The third kappa shape index (κ3) is 4.82. The smallest absolute Gasteiger partial charge is 0.243 e. The third-order valence-corrected chi connectivity index (χ3v) is 8.28. The zero-order valence-corrected chi connectivity index (χ0v) is 20.7. The topological polar surface area (TPSA) is 88.1 Å². The number of methoxy groups -OCH3 is 1. The Labute approximate surface area is 206 Å². The van der Waals surface area contributed by atoms with Crippen LogP contribution in [0.2, 0.25) is 0 Å². The van der Waals surface area contributed by atoms with Gasteiger partial charge in [-0.15, -0.1) is 0 Å². The van der Waals surface area contributed by atoms with Crippen molar-refractivity contribution in [3.8, 4) is 17.4 Å². The van der Waals surface area contributed by atoms with Gasteiger partial charge in [-0.1, -0.05) is 30.3 Å². The molecule has 0 N–H and O–H groups in total. The zero-order valence-electron chi connectivity index (χ0n) is 19.9. The molecule has 10 heteroatoms. The molecule has 2 aliphatic heterocycles. The number of ether oxygens (including phenoxy) is 2. The van der Waals surface area contributed by atoms with Gasteiger partial charge in [-0.25, -0.2) is 13.4 Å².